The lowest BCUT2D eigenvalue weighted by molar-refractivity contribution is -0.0957. The van der Waals surface area contributed by atoms with Crippen LogP contribution in [0.2, 0.25) is 0 Å². The van der Waals surface area contributed by atoms with Crippen LogP contribution in [0.5, 0.6) is 0 Å². The van der Waals surface area contributed by atoms with E-state index in [9.17, 15) is 13.2 Å². The number of allylic oxidation sites excluding steroid dienone is 1. The van der Waals surface area contributed by atoms with E-state index < -0.39 is 24.2 Å². The van der Waals surface area contributed by atoms with Gasteiger partial charge in [-0.05, 0) is 12.1 Å². The number of ether oxygens (including phenoxy) is 1. The standard InChI is InChI=1S/C14H19F3IN5O2/c15-14(16,17)13(19)11(25-18)8-24-9-22-10-1-2-12(21-7-10)23-5-3-20-4-6-23/h1-2,7,20,22H,3-6,8-9,19H2/b13-11-. The summed E-state index contributed by atoms with van der Waals surface area (Å²) < 4.78 is 47.2. The average molecular weight is 473 g/mol. The fourth-order valence-corrected chi connectivity index (χ4v) is 2.51. The molecular formula is C14H19F3IN5O2. The zero-order valence-corrected chi connectivity index (χ0v) is 15.4. The van der Waals surface area contributed by atoms with Crippen molar-refractivity contribution >= 4 is 34.5 Å². The highest BCUT2D eigenvalue weighted by atomic mass is 127. The molecule has 0 bridgehead atoms. The minimum absolute atomic E-state index is 0.0106. The number of nitrogens with one attached hydrogen (secondary N) is 2. The molecule has 0 atom stereocenters. The van der Waals surface area contributed by atoms with Crippen LogP contribution >= 0.6 is 23.0 Å². The van der Waals surface area contributed by atoms with Crippen molar-refractivity contribution in [2.24, 2.45) is 5.73 Å². The van der Waals surface area contributed by atoms with Gasteiger partial charge in [0.15, 0.2) is 34.5 Å². The minimum atomic E-state index is -4.65. The smallest absolute Gasteiger partial charge is 0.427 e. The Morgan fingerprint density at radius 1 is 1.36 bits per heavy atom. The van der Waals surface area contributed by atoms with Crippen LogP contribution in [0.25, 0.3) is 0 Å². The molecule has 2 rings (SSSR count). The molecule has 4 N–H and O–H groups in total. The third-order valence-electron chi connectivity index (χ3n) is 3.50. The van der Waals surface area contributed by atoms with Crippen LogP contribution in [0.3, 0.4) is 0 Å². The Balaban J connectivity index is 1.79. The number of hydrogen-bond donors (Lipinski definition) is 3. The predicted octanol–water partition coefficient (Wildman–Crippen LogP) is 1.98. The number of halogens is 4. The van der Waals surface area contributed by atoms with Crippen molar-refractivity contribution < 1.29 is 21.0 Å². The molecule has 0 radical (unpaired) electrons. The largest absolute Gasteiger partial charge is 0.434 e. The van der Waals surface area contributed by atoms with Gasteiger partial charge in [0.05, 0.1) is 11.9 Å². The van der Waals surface area contributed by atoms with E-state index in [1.807, 2.05) is 12.1 Å². The van der Waals surface area contributed by atoms with Gasteiger partial charge in [-0.2, -0.15) is 13.2 Å². The lowest BCUT2D eigenvalue weighted by Gasteiger charge is -2.28. The van der Waals surface area contributed by atoms with E-state index in [-0.39, 0.29) is 6.73 Å². The van der Waals surface area contributed by atoms with Crippen LogP contribution in [0.4, 0.5) is 24.7 Å². The maximum absolute atomic E-state index is 12.5. The molecule has 11 heteroatoms. The van der Waals surface area contributed by atoms with E-state index in [0.717, 1.165) is 32.0 Å². The molecule has 25 heavy (non-hydrogen) atoms. The lowest BCUT2D eigenvalue weighted by Crippen LogP contribution is -2.43. The third-order valence-corrected chi connectivity index (χ3v) is 4.03. The summed E-state index contributed by atoms with van der Waals surface area (Å²) in [5.74, 6) is 0.413. The molecule has 0 aliphatic carbocycles. The molecule has 1 aromatic heterocycles. The number of hydrogen-bond acceptors (Lipinski definition) is 7. The molecule has 1 fully saturated rings. The van der Waals surface area contributed by atoms with Gasteiger partial charge in [-0.15, -0.1) is 0 Å². The number of pyridine rings is 1. The van der Waals surface area contributed by atoms with Crippen LogP contribution in [-0.4, -0.2) is 50.7 Å². The van der Waals surface area contributed by atoms with Gasteiger partial charge in [0.25, 0.3) is 0 Å². The summed E-state index contributed by atoms with van der Waals surface area (Å²) >= 11 is 1.34. The van der Waals surface area contributed by atoms with Gasteiger partial charge in [0, 0.05) is 26.2 Å². The predicted molar refractivity (Wildman–Crippen MR) is 96.1 cm³/mol. The highest BCUT2D eigenvalue weighted by Gasteiger charge is 2.35. The molecule has 0 aromatic carbocycles. The Morgan fingerprint density at radius 2 is 2.08 bits per heavy atom. The topological polar surface area (TPSA) is 84.7 Å². The second kappa shape index (κ2) is 9.29. The Kier molecular flexibility index (Phi) is 7.38. The monoisotopic (exact) mass is 473 g/mol. The summed E-state index contributed by atoms with van der Waals surface area (Å²) in [5.41, 5.74) is 4.39. The molecule has 2 heterocycles. The van der Waals surface area contributed by atoms with E-state index in [1.165, 1.54) is 23.0 Å². The number of alkyl halides is 3. The summed E-state index contributed by atoms with van der Waals surface area (Å²) in [4.78, 5) is 6.54. The molecule has 0 amide bonds. The zero-order chi connectivity index (χ0) is 18.3. The van der Waals surface area contributed by atoms with Crippen LogP contribution in [0, 0.1) is 0 Å². The summed E-state index contributed by atoms with van der Waals surface area (Å²) in [6, 6.07) is 3.72. The van der Waals surface area contributed by atoms with E-state index in [2.05, 4.69) is 23.6 Å². The number of nitrogens with two attached hydrogens (primary N) is 1. The maximum Gasteiger partial charge on any atom is 0.434 e. The normalized spacial score (nSPS) is 16.4. The Bertz CT molecular complexity index is 577. The van der Waals surface area contributed by atoms with E-state index in [4.69, 9.17) is 10.5 Å². The first-order chi connectivity index (χ1) is 11.9. The number of rotatable bonds is 7. The lowest BCUT2D eigenvalue weighted by atomic mass is 10.3. The summed E-state index contributed by atoms with van der Waals surface area (Å²) in [7, 11) is 0. The van der Waals surface area contributed by atoms with Crippen molar-refractivity contribution in [1.82, 2.24) is 10.3 Å². The van der Waals surface area contributed by atoms with E-state index >= 15 is 0 Å². The van der Waals surface area contributed by atoms with Crippen LogP contribution in [0.15, 0.2) is 29.8 Å². The Morgan fingerprint density at radius 3 is 2.64 bits per heavy atom. The fraction of sp³-hybridized carbons (Fsp3) is 0.500. The van der Waals surface area contributed by atoms with E-state index in [1.54, 1.807) is 6.20 Å². The van der Waals surface area contributed by atoms with Gasteiger partial charge in [0.1, 0.15) is 19.2 Å². The number of anilines is 2. The molecule has 0 spiro atoms. The van der Waals surface area contributed by atoms with Crippen LogP contribution in [-0.2, 0) is 7.80 Å². The highest BCUT2D eigenvalue weighted by molar-refractivity contribution is 14.1. The maximum atomic E-state index is 12.5. The number of nitrogens with zero attached hydrogens (tertiary/aromatic N) is 2. The molecule has 1 aromatic rings. The second-order valence-electron chi connectivity index (χ2n) is 5.22. The molecule has 140 valence electrons. The first kappa shape index (κ1) is 19.8. The SMILES string of the molecule is N/C(=C(/COCNc1ccc(N2CCNCC2)nc1)OI)C(F)(F)F. The summed E-state index contributed by atoms with van der Waals surface area (Å²) in [6.07, 6.45) is -3.00. The second-order valence-corrected chi connectivity index (χ2v) is 5.66. The van der Waals surface area contributed by atoms with Gasteiger partial charge < -0.3 is 29.1 Å². The molecule has 1 saturated heterocycles. The quantitative estimate of drug-likeness (QED) is 0.242. The molecule has 0 unspecified atom stereocenters. The molecule has 0 saturated carbocycles. The Hall–Kier alpha value is -1.47. The van der Waals surface area contributed by atoms with Crippen molar-refractivity contribution in [2.45, 2.75) is 6.18 Å². The van der Waals surface area contributed by atoms with Crippen LogP contribution < -0.4 is 21.3 Å². The average Bonchev–Trinajstić information content (AvgIpc) is 2.62. The van der Waals surface area contributed by atoms with Gasteiger partial charge in [-0.3, -0.25) is 0 Å². The van der Waals surface area contributed by atoms with E-state index in [0.29, 0.717) is 5.69 Å². The van der Waals surface area contributed by atoms with Crippen molar-refractivity contribution in [3.8, 4) is 0 Å². The van der Waals surface area contributed by atoms with Gasteiger partial charge in [-0.1, -0.05) is 0 Å². The number of piperazine rings is 1. The summed E-state index contributed by atoms with van der Waals surface area (Å²) in [5, 5.41) is 6.18. The Labute approximate surface area is 157 Å². The first-order valence-electron chi connectivity index (χ1n) is 7.49. The van der Waals surface area contributed by atoms with Crippen molar-refractivity contribution in [1.29, 1.82) is 0 Å². The highest BCUT2D eigenvalue weighted by Crippen LogP contribution is 2.25. The van der Waals surface area contributed by atoms with Gasteiger partial charge in [-0.25, -0.2) is 4.98 Å². The van der Waals surface area contributed by atoms with Crippen molar-refractivity contribution in [3.05, 3.63) is 29.8 Å². The minimum Gasteiger partial charge on any atom is -0.427 e. The van der Waals surface area contributed by atoms with Crippen molar-refractivity contribution in [2.75, 3.05) is 49.7 Å². The first-order valence-corrected chi connectivity index (χ1v) is 8.37. The summed E-state index contributed by atoms with van der Waals surface area (Å²) in [6.45, 7) is 3.23. The molecular weight excluding hydrogens is 454 g/mol. The molecule has 1 aliphatic rings. The van der Waals surface area contributed by atoms with Gasteiger partial charge >= 0.3 is 6.18 Å². The van der Waals surface area contributed by atoms with Gasteiger partial charge in [0.2, 0.25) is 0 Å². The molecule has 7 nitrogen and oxygen atoms in total. The van der Waals surface area contributed by atoms with Crippen LogP contribution in [0.1, 0.15) is 0 Å². The third kappa shape index (κ3) is 6.08. The number of aromatic nitrogens is 1. The zero-order valence-electron chi connectivity index (χ0n) is 13.3. The van der Waals surface area contributed by atoms with Crippen molar-refractivity contribution in [3.63, 3.8) is 0 Å². The molecule has 1 aliphatic heterocycles. The fourth-order valence-electron chi connectivity index (χ4n) is 2.15.